The lowest BCUT2D eigenvalue weighted by Gasteiger charge is -2.21. The van der Waals surface area contributed by atoms with E-state index in [1.165, 1.54) is 0 Å². The van der Waals surface area contributed by atoms with Crippen LogP contribution < -0.4 is 5.32 Å². The molecule has 1 rings (SSSR count). The average Bonchev–Trinajstić information content (AvgIpc) is 2.29. The number of nitrogens with one attached hydrogen (secondary N) is 1. The lowest BCUT2D eigenvalue weighted by atomic mass is 10.2. The topological polar surface area (TPSA) is 38.3 Å². The molecule has 0 aromatic carbocycles. The molecule has 0 aromatic rings. The Kier molecular flexibility index (Phi) is 7.25. The van der Waals surface area contributed by atoms with Crippen LogP contribution in [0.3, 0.4) is 0 Å². The van der Waals surface area contributed by atoms with Crippen molar-refractivity contribution in [3.05, 3.63) is 0 Å². The van der Waals surface area contributed by atoms with Gasteiger partial charge in [-0.25, -0.2) is 0 Å². The third kappa shape index (κ3) is 5.97. The van der Waals surface area contributed by atoms with Crippen molar-refractivity contribution in [2.45, 2.75) is 38.4 Å². The summed E-state index contributed by atoms with van der Waals surface area (Å²) >= 11 is 0. The second-order valence-electron chi connectivity index (χ2n) is 4.85. The molecule has 96 valence electrons. The molecule has 1 aliphatic heterocycles. The van der Waals surface area contributed by atoms with Gasteiger partial charge in [0, 0.05) is 35.0 Å². The molecule has 3 nitrogen and oxygen atoms in total. The van der Waals surface area contributed by atoms with E-state index in [0.29, 0.717) is 11.2 Å². The van der Waals surface area contributed by atoms with Crippen LogP contribution in [-0.4, -0.2) is 41.5 Å². The first-order valence-corrected chi connectivity index (χ1v) is 7.74. The molecule has 1 heterocycles. The van der Waals surface area contributed by atoms with E-state index in [0.717, 1.165) is 51.3 Å². The molecule has 1 saturated heterocycles. The van der Waals surface area contributed by atoms with Gasteiger partial charge in [-0.3, -0.25) is 4.21 Å². The van der Waals surface area contributed by atoms with E-state index in [2.05, 4.69) is 19.2 Å². The van der Waals surface area contributed by atoms with Gasteiger partial charge in [0.15, 0.2) is 0 Å². The standard InChI is InChI=1S/C12H25NO2S/c1-11(2)10-13-6-3-9-16(14)12-4-7-15-8-5-12/h11-13H,3-10H2,1-2H3. The Morgan fingerprint density at radius 1 is 1.38 bits per heavy atom. The summed E-state index contributed by atoms with van der Waals surface area (Å²) in [7, 11) is -0.641. The highest BCUT2D eigenvalue weighted by molar-refractivity contribution is 7.85. The SMILES string of the molecule is CC(C)CNCCCS(=O)C1CCOCC1. The van der Waals surface area contributed by atoms with Gasteiger partial charge in [0.1, 0.15) is 0 Å². The Labute approximate surface area is 102 Å². The molecule has 0 aromatic heterocycles. The average molecular weight is 247 g/mol. The van der Waals surface area contributed by atoms with Crippen LogP contribution in [0.25, 0.3) is 0 Å². The normalized spacial score (nSPS) is 20.2. The van der Waals surface area contributed by atoms with Gasteiger partial charge in [0.25, 0.3) is 0 Å². The van der Waals surface area contributed by atoms with Crippen molar-refractivity contribution >= 4 is 10.8 Å². The molecule has 0 amide bonds. The van der Waals surface area contributed by atoms with Crippen molar-refractivity contribution in [3.8, 4) is 0 Å². The first kappa shape index (κ1) is 14.1. The van der Waals surface area contributed by atoms with Crippen LogP contribution in [0.5, 0.6) is 0 Å². The minimum Gasteiger partial charge on any atom is -0.381 e. The third-order valence-corrected chi connectivity index (χ3v) is 4.70. The highest BCUT2D eigenvalue weighted by atomic mass is 32.2. The maximum atomic E-state index is 11.9. The van der Waals surface area contributed by atoms with Crippen molar-refractivity contribution in [1.82, 2.24) is 5.32 Å². The predicted octanol–water partition coefficient (Wildman–Crippen LogP) is 1.55. The molecule has 0 radical (unpaired) electrons. The molecule has 0 aliphatic carbocycles. The van der Waals surface area contributed by atoms with Crippen molar-refractivity contribution in [3.63, 3.8) is 0 Å². The highest BCUT2D eigenvalue weighted by Gasteiger charge is 2.19. The number of hydrogen-bond acceptors (Lipinski definition) is 3. The zero-order chi connectivity index (χ0) is 11.8. The van der Waals surface area contributed by atoms with E-state index in [9.17, 15) is 4.21 Å². The maximum absolute atomic E-state index is 11.9. The molecule has 0 saturated carbocycles. The molecule has 0 spiro atoms. The first-order chi connectivity index (χ1) is 7.70. The summed E-state index contributed by atoms with van der Waals surface area (Å²) in [6.07, 6.45) is 2.98. The van der Waals surface area contributed by atoms with Gasteiger partial charge in [-0.2, -0.15) is 0 Å². The lowest BCUT2D eigenvalue weighted by molar-refractivity contribution is 0.0992. The quantitative estimate of drug-likeness (QED) is 0.694. The monoisotopic (exact) mass is 247 g/mol. The molecule has 1 atom stereocenters. The molecule has 4 heteroatoms. The van der Waals surface area contributed by atoms with Gasteiger partial charge in [0.05, 0.1) is 0 Å². The summed E-state index contributed by atoms with van der Waals surface area (Å²) in [6, 6.07) is 0. The maximum Gasteiger partial charge on any atom is 0.0477 e. The highest BCUT2D eigenvalue weighted by Crippen LogP contribution is 2.13. The van der Waals surface area contributed by atoms with E-state index < -0.39 is 10.8 Å². The van der Waals surface area contributed by atoms with Crippen molar-refractivity contribution < 1.29 is 8.95 Å². The smallest absolute Gasteiger partial charge is 0.0477 e. The summed E-state index contributed by atoms with van der Waals surface area (Å²) in [5.74, 6) is 1.54. The predicted molar refractivity (Wildman–Crippen MR) is 69.2 cm³/mol. The van der Waals surface area contributed by atoms with E-state index in [1.807, 2.05) is 0 Å². The Hall–Kier alpha value is 0.0700. The van der Waals surface area contributed by atoms with Gasteiger partial charge in [-0.1, -0.05) is 13.8 Å². The summed E-state index contributed by atoms with van der Waals surface area (Å²) in [6.45, 7) is 8.04. The minimum absolute atomic E-state index is 0.388. The van der Waals surface area contributed by atoms with Crippen LogP contribution >= 0.6 is 0 Å². The third-order valence-electron chi connectivity index (χ3n) is 2.79. The molecule has 1 aliphatic rings. The van der Waals surface area contributed by atoms with E-state index in [1.54, 1.807) is 0 Å². The van der Waals surface area contributed by atoms with Gasteiger partial charge in [-0.15, -0.1) is 0 Å². The molecular weight excluding hydrogens is 222 g/mol. The van der Waals surface area contributed by atoms with Crippen LogP contribution in [0.15, 0.2) is 0 Å². The Morgan fingerprint density at radius 2 is 2.06 bits per heavy atom. The van der Waals surface area contributed by atoms with Gasteiger partial charge < -0.3 is 10.1 Å². The molecule has 1 unspecified atom stereocenters. The Morgan fingerprint density at radius 3 is 2.69 bits per heavy atom. The van der Waals surface area contributed by atoms with Crippen LogP contribution in [0.1, 0.15) is 33.1 Å². The zero-order valence-corrected chi connectivity index (χ0v) is 11.4. The van der Waals surface area contributed by atoms with Crippen LogP contribution in [0.2, 0.25) is 0 Å². The second-order valence-corrected chi connectivity index (χ2v) is 6.68. The summed E-state index contributed by atoms with van der Waals surface area (Å²) in [5, 5.41) is 3.77. The summed E-state index contributed by atoms with van der Waals surface area (Å²) in [4.78, 5) is 0. The first-order valence-electron chi connectivity index (χ1n) is 6.35. The van der Waals surface area contributed by atoms with E-state index >= 15 is 0 Å². The van der Waals surface area contributed by atoms with Crippen molar-refractivity contribution in [2.24, 2.45) is 5.92 Å². The largest absolute Gasteiger partial charge is 0.381 e. The number of hydrogen-bond donors (Lipinski definition) is 1. The van der Waals surface area contributed by atoms with Gasteiger partial charge >= 0.3 is 0 Å². The number of ether oxygens (including phenoxy) is 1. The van der Waals surface area contributed by atoms with Crippen LogP contribution in [0.4, 0.5) is 0 Å². The van der Waals surface area contributed by atoms with Crippen molar-refractivity contribution in [2.75, 3.05) is 32.1 Å². The van der Waals surface area contributed by atoms with E-state index in [4.69, 9.17) is 4.74 Å². The fourth-order valence-electron chi connectivity index (χ4n) is 1.84. The fourth-order valence-corrected chi connectivity index (χ4v) is 3.32. The summed E-state index contributed by atoms with van der Waals surface area (Å²) < 4.78 is 17.2. The molecule has 0 bridgehead atoms. The molecule has 16 heavy (non-hydrogen) atoms. The van der Waals surface area contributed by atoms with Gasteiger partial charge in [0.2, 0.25) is 0 Å². The lowest BCUT2D eigenvalue weighted by Crippen LogP contribution is -2.28. The Balaban J connectivity index is 2.01. The van der Waals surface area contributed by atoms with Crippen LogP contribution in [-0.2, 0) is 15.5 Å². The molecule has 1 N–H and O–H groups in total. The molecular formula is C12H25NO2S. The van der Waals surface area contributed by atoms with Crippen LogP contribution in [0, 0.1) is 5.92 Å². The van der Waals surface area contributed by atoms with E-state index in [-0.39, 0.29) is 0 Å². The number of rotatable bonds is 7. The fraction of sp³-hybridized carbons (Fsp3) is 1.00. The molecule has 1 fully saturated rings. The van der Waals surface area contributed by atoms with Crippen molar-refractivity contribution in [1.29, 1.82) is 0 Å². The zero-order valence-electron chi connectivity index (χ0n) is 10.5. The van der Waals surface area contributed by atoms with Gasteiger partial charge in [-0.05, 0) is 38.3 Å². The Bertz CT molecular complexity index is 203. The summed E-state index contributed by atoms with van der Waals surface area (Å²) in [5.41, 5.74) is 0. The second kappa shape index (κ2) is 8.20. The minimum atomic E-state index is -0.641.